The first-order valence-electron chi connectivity index (χ1n) is 11.6. The number of hydrogen-bond donors (Lipinski definition) is 1. The van der Waals surface area contributed by atoms with E-state index in [1.165, 1.54) is 6.08 Å². The second-order valence-electron chi connectivity index (χ2n) is 8.38. The number of nitrogens with zero attached hydrogens (tertiary/aromatic N) is 7. The van der Waals surface area contributed by atoms with Crippen molar-refractivity contribution in [2.75, 3.05) is 41.3 Å². The van der Waals surface area contributed by atoms with E-state index in [2.05, 4.69) is 51.0 Å². The van der Waals surface area contributed by atoms with E-state index in [4.69, 9.17) is 0 Å². The van der Waals surface area contributed by atoms with Crippen molar-refractivity contribution in [3.8, 4) is 17.2 Å². The predicted octanol–water partition coefficient (Wildman–Crippen LogP) is 3.54. The smallest absolute Gasteiger partial charge is 0.247 e. The minimum atomic E-state index is -0.224. The van der Waals surface area contributed by atoms with E-state index < -0.39 is 0 Å². The van der Waals surface area contributed by atoms with Gasteiger partial charge in [-0.1, -0.05) is 6.58 Å². The van der Waals surface area contributed by atoms with Gasteiger partial charge in [0.25, 0.3) is 0 Å². The highest BCUT2D eigenvalue weighted by atomic mass is 16.1. The van der Waals surface area contributed by atoms with Crippen LogP contribution in [0.5, 0.6) is 0 Å². The van der Waals surface area contributed by atoms with Crippen LogP contribution in [0.4, 0.5) is 17.1 Å². The van der Waals surface area contributed by atoms with Gasteiger partial charge < -0.3 is 15.1 Å². The Bertz CT molecular complexity index is 1420. The van der Waals surface area contributed by atoms with Crippen molar-refractivity contribution >= 4 is 28.5 Å². The molecule has 1 amide bonds. The van der Waals surface area contributed by atoms with Gasteiger partial charge in [0.15, 0.2) is 0 Å². The fourth-order valence-electron chi connectivity index (χ4n) is 4.42. The largest absolute Gasteiger partial charge is 0.368 e. The summed E-state index contributed by atoms with van der Waals surface area (Å²) in [7, 11) is 0. The number of carbonyl (C=O) groups excluding carboxylic acids is 1. The van der Waals surface area contributed by atoms with Crippen LogP contribution in [0.15, 0.2) is 67.8 Å². The molecule has 35 heavy (non-hydrogen) atoms. The van der Waals surface area contributed by atoms with Gasteiger partial charge in [0.1, 0.15) is 11.6 Å². The number of anilines is 3. The van der Waals surface area contributed by atoms with Crippen LogP contribution in [0, 0.1) is 11.3 Å². The summed E-state index contributed by atoms with van der Waals surface area (Å²) in [6.07, 6.45) is 8.73. The Morgan fingerprint density at radius 2 is 1.83 bits per heavy atom. The number of aryl methyl sites for hydroxylation is 1. The molecule has 5 rings (SSSR count). The van der Waals surface area contributed by atoms with Gasteiger partial charge in [0.05, 0.1) is 23.6 Å². The van der Waals surface area contributed by atoms with E-state index in [-0.39, 0.29) is 5.91 Å². The van der Waals surface area contributed by atoms with Crippen LogP contribution in [0.1, 0.15) is 12.5 Å². The van der Waals surface area contributed by atoms with Crippen LogP contribution in [0.2, 0.25) is 0 Å². The van der Waals surface area contributed by atoms with Gasteiger partial charge in [-0.15, -0.1) is 0 Å². The average molecular weight is 467 g/mol. The Labute approximate surface area is 203 Å². The zero-order valence-corrected chi connectivity index (χ0v) is 19.6. The number of rotatable bonds is 6. The lowest BCUT2D eigenvalue weighted by atomic mass is 10.1. The highest BCUT2D eigenvalue weighted by molar-refractivity contribution is 5.98. The van der Waals surface area contributed by atoms with E-state index in [0.29, 0.717) is 5.56 Å². The Balaban J connectivity index is 1.39. The molecule has 176 valence electrons. The molecular formula is C26H26N8O. The molecule has 0 bridgehead atoms. The molecule has 1 aliphatic rings. The van der Waals surface area contributed by atoms with Crippen LogP contribution in [0.25, 0.3) is 16.6 Å². The molecule has 0 saturated carbocycles. The van der Waals surface area contributed by atoms with Gasteiger partial charge in [-0.05, 0) is 43.3 Å². The van der Waals surface area contributed by atoms with Crippen molar-refractivity contribution < 1.29 is 4.79 Å². The van der Waals surface area contributed by atoms with E-state index in [9.17, 15) is 10.1 Å². The summed E-state index contributed by atoms with van der Waals surface area (Å²) in [6.45, 7) is 9.62. The highest BCUT2D eigenvalue weighted by Gasteiger charge is 2.22. The average Bonchev–Trinajstić information content (AvgIpc) is 3.56. The Kier molecular flexibility index (Phi) is 5.94. The number of hydrogen-bond acceptors (Lipinski definition) is 6. The van der Waals surface area contributed by atoms with Gasteiger partial charge in [0.2, 0.25) is 5.91 Å². The summed E-state index contributed by atoms with van der Waals surface area (Å²) in [4.78, 5) is 16.2. The number of fused-ring (bicyclic) bond motifs is 1. The van der Waals surface area contributed by atoms with Crippen LogP contribution in [-0.2, 0) is 11.3 Å². The maximum Gasteiger partial charge on any atom is 0.247 e. The van der Waals surface area contributed by atoms with Crippen LogP contribution in [0.3, 0.4) is 0 Å². The van der Waals surface area contributed by atoms with Gasteiger partial charge in [-0.25, -0.2) is 4.52 Å². The number of nitriles is 1. The summed E-state index contributed by atoms with van der Waals surface area (Å²) in [5.74, 6) is -0.224. The lowest BCUT2D eigenvalue weighted by Gasteiger charge is -2.37. The molecule has 0 unspecified atom stereocenters. The third-order valence-corrected chi connectivity index (χ3v) is 6.31. The number of piperazine rings is 1. The third-order valence-electron chi connectivity index (χ3n) is 6.31. The molecule has 1 saturated heterocycles. The molecule has 9 nitrogen and oxygen atoms in total. The van der Waals surface area contributed by atoms with Crippen molar-refractivity contribution in [2.24, 2.45) is 0 Å². The van der Waals surface area contributed by atoms with E-state index in [1.807, 2.05) is 47.5 Å². The monoisotopic (exact) mass is 466 g/mol. The lowest BCUT2D eigenvalue weighted by molar-refractivity contribution is -0.111. The van der Waals surface area contributed by atoms with Crippen molar-refractivity contribution in [2.45, 2.75) is 13.5 Å². The second kappa shape index (κ2) is 9.35. The molecule has 0 aliphatic carbocycles. The summed E-state index contributed by atoms with van der Waals surface area (Å²) in [5.41, 5.74) is 6.28. The van der Waals surface area contributed by atoms with Gasteiger partial charge in [0, 0.05) is 67.6 Å². The number of pyridine rings is 1. The minimum Gasteiger partial charge on any atom is -0.368 e. The predicted molar refractivity (Wildman–Crippen MR) is 136 cm³/mol. The van der Waals surface area contributed by atoms with Gasteiger partial charge in [-0.2, -0.15) is 15.5 Å². The fraction of sp³-hybridized carbons (Fsp3) is 0.231. The van der Waals surface area contributed by atoms with Gasteiger partial charge >= 0.3 is 0 Å². The zero-order valence-electron chi connectivity index (χ0n) is 19.6. The molecule has 4 aromatic rings. The molecule has 9 heteroatoms. The SMILES string of the molecule is C=CC(=O)Nc1ccc(N2CCN(c3cc(-c4cnn(CC)c4)cn4ncc(C#N)c34)CC2)cc1. The molecule has 1 N–H and O–H groups in total. The highest BCUT2D eigenvalue weighted by Crippen LogP contribution is 2.32. The van der Waals surface area contributed by atoms with Crippen LogP contribution < -0.4 is 15.1 Å². The number of carbonyl (C=O) groups is 1. The number of aromatic nitrogens is 4. The fourth-order valence-corrected chi connectivity index (χ4v) is 4.42. The summed E-state index contributed by atoms with van der Waals surface area (Å²) >= 11 is 0. The zero-order chi connectivity index (χ0) is 24.4. The first-order chi connectivity index (χ1) is 17.1. The Morgan fingerprint density at radius 1 is 1.09 bits per heavy atom. The number of amides is 1. The van der Waals surface area contributed by atoms with Crippen molar-refractivity contribution in [1.29, 1.82) is 5.26 Å². The quantitative estimate of drug-likeness (QED) is 0.437. The first-order valence-corrected chi connectivity index (χ1v) is 11.6. The van der Waals surface area contributed by atoms with E-state index in [1.54, 1.807) is 10.7 Å². The second-order valence-corrected chi connectivity index (χ2v) is 8.38. The molecule has 0 radical (unpaired) electrons. The number of nitrogens with one attached hydrogen (secondary N) is 1. The van der Waals surface area contributed by atoms with Crippen molar-refractivity contribution in [3.63, 3.8) is 0 Å². The molecule has 0 spiro atoms. The molecular weight excluding hydrogens is 440 g/mol. The maximum atomic E-state index is 11.5. The van der Waals surface area contributed by atoms with Crippen molar-refractivity contribution in [1.82, 2.24) is 19.4 Å². The summed E-state index contributed by atoms with van der Waals surface area (Å²) in [5, 5.41) is 21.3. The Morgan fingerprint density at radius 3 is 2.49 bits per heavy atom. The summed E-state index contributed by atoms with van der Waals surface area (Å²) < 4.78 is 3.70. The topological polar surface area (TPSA) is 94.5 Å². The minimum absolute atomic E-state index is 0.224. The third kappa shape index (κ3) is 4.34. The van der Waals surface area contributed by atoms with Crippen molar-refractivity contribution in [3.05, 3.63) is 73.3 Å². The normalized spacial score (nSPS) is 13.6. The van der Waals surface area contributed by atoms with Crippen LogP contribution >= 0.6 is 0 Å². The molecule has 4 heterocycles. The van der Waals surface area contributed by atoms with Crippen LogP contribution in [-0.4, -0.2) is 51.5 Å². The molecule has 3 aromatic heterocycles. The van der Waals surface area contributed by atoms with E-state index in [0.717, 1.165) is 66.4 Å². The molecule has 1 aliphatic heterocycles. The molecule has 1 fully saturated rings. The first kappa shape index (κ1) is 22.2. The Hall–Kier alpha value is -4.58. The maximum absolute atomic E-state index is 11.5. The number of benzene rings is 1. The summed E-state index contributed by atoms with van der Waals surface area (Å²) in [6, 6.07) is 12.3. The molecule has 0 atom stereocenters. The van der Waals surface area contributed by atoms with E-state index >= 15 is 0 Å². The standard InChI is InChI=1S/C26H26N8O/c1-3-25(35)30-22-5-7-23(8-6-22)31-9-11-32(12-10-31)24-13-19(21-16-28-33(4-2)17-21)18-34-26(24)20(14-27)15-29-34/h3,5-8,13,15-18H,1,4,9-12H2,2H3,(H,30,35). The molecule has 1 aromatic carbocycles. The van der Waals surface area contributed by atoms with Gasteiger partial charge in [-0.3, -0.25) is 9.48 Å². The lowest BCUT2D eigenvalue weighted by Crippen LogP contribution is -2.46.